The number of unbranched alkanes of at least 4 members (excludes halogenated alkanes) is 2. The number of hydrogen-bond donors (Lipinski definition) is 2. The number of nitrogens with one attached hydrogen (secondary N) is 2. The van der Waals surface area contributed by atoms with E-state index in [1.807, 2.05) is 12.1 Å². The Morgan fingerprint density at radius 3 is 2.43 bits per heavy atom. The Bertz CT molecular complexity index is 398. The molecular weight excluding hydrogens is 260 g/mol. The normalized spacial score (nSPS) is 10.9. The number of carbonyl (C=O) groups is 1. The van der Waals surface area contributed by atoms with E-state index in [1.165, 1.54) is 24.8 Å². The molecule has 0 heterocycles. The van der Waals surface area contributed by atoms with E-state index in [1.54, 1.807) is 0 Å². The average molecular weight is 290 g/mol. The molecule has 1 rings (SSSR count). The number of carbonyl (C=O) groups excluding carboxylic acids is 1. The molecule has 0 unspecified atom stereocenters. The van der Waals surface area contributed by atoms with Crippen LogP contribution < -0.4 is 10.6 Å². The fraction of sp³-hybridized carbons (Fsp3) is 0.611. The summed E-state index contributed by atoms with van der Waals surface area (Å²) >= 11 is 0. The molecule has 1 amide bonds. The maximum Gasteiger partial charge on any atom is 0.224 e. The van der Waals surface area contributed by atoms with Crippen molar-refractivity contribution in [2.75, 3.05) is 11.9 Å². The molecule has 0 aromatic heterocycles. The Balaban J connectivity index is 2.26. The molecule has 0 aliphatic rings. The second-order valence-electron chi connectivity index (χ2n) is 5.91. The van der Waals surface area contributed by atoms with Crippen LogP contribution in [0.1, 0.15) is 58.4 Å². The van der Waals surface area contributed by atoms with Crippen molar-refractivity contribution < 1.29 is 4.79 Å². The lowest BCUT2D eigenvalue weighted by atomic mass is 10.1. The quantitative estimate of drug-likeness (QED) is 0.636. The number of benzene rings is 1. The van der Waals surface area contributed by atoms with Crippen molar-refractivity contribution in [2.45, 2.75) is 65.3 Å². The zero-order valence-corrected chi connectivity index (χ0v) is 13.7. The molecule has 3 heteroatoms. The minimum absolute atomic E-state index is 0.0966. The first-order chi connectivity index (χ1) is 10.1. The molecule has 0 aliphatic heterocycles. The van der Waals surface area contributed by atoms with Gasteiger partial charge in [0, 0.05) is 18.2 Å². The summed E-state index contributed by atoms with van der Waals surface area (Å²) in [5, 5.41) is 6.27. The van der Waals surface area contributed by atoms with Crippen molar-refractivity contribution >= 4 is 11.6 Å². The molecule has 1 aromatic carbocycles. The second-order valence-corrected chi connectivity index (χ2v) is 5.91. The highest BCUT2D eigenvalue weighted by Crippen LogP contribution is 2.12. The first-order valence-electron chi connectivity index (χ1n) is 8.24. The third kappa shape index (κ3) is 8.51. The van der Waals surface area contributed by atoms with Gasteiger partial charge in [-0.1, -0.05) is 45.7 Å². The van der Waals surface area contributed by atoms with Crippen LogP contribution in [0.5, 0.6) is 0 Å². The summed E-state index contributed by atoms with van der Waals surface area (Å²) in [5.41, 5.74) is 2.25. The molecule has 0 saturated heterocycles. The molecule has 3 nitrogen and oxygen atoms in total. The number of aryl methyl sites for hydroxylation is 1. The fourth-order valence-electron chi connectivity index (χ4n) is 2.20. The minimum atomic E-state index is 0.0966. The van der Waals surface area contributed by atoms with Crippen molar-refractivity contribution in [3.63, 3.8) is 0 Å². The van der Waals surface area contributed by atoms with Crippen molar-refractivity contribution in [1.82, 2.24) is 5.32 Å². The van der Waals surface area contributed by atoms with Crippen LogP contribution in [0.15, 0.2) is 24.3 Å². The van der Waals surface area contributed by atoms with E-state index in [0.717, 1.165) is 25.1 Å². The van der Waals surface area contributed by atoms with E-state index in [-0.39, 0.29) is 5.91 Å². The molecule has 2 N–H and O–H groups in total. The molecule has 0 radical (unpaired) electrons. The summed E-state index contributed by atoms with van der Waals surface area (Å²) in [6.07, 6.45) is 6.34. The standard InChI is InChI=1S/C18H30N2O/c1-4-5-6-8-16-10-12-17(13-11-16)20-18(21)9-7-14-19-15(2)3/h10-13,15,19H,4-9,14H2,1-3H3,(H,20,21). The van der Waals surface area contributed by atoms with Crippen LogP contribution in [0.25, 0.3) is 0 Å². The van der Waals surface area contributed by atoms with Gasteiger partial charge in [-0.25, -0.2) is 0 Å². The Labute approximate surface area is 129 Å². The molecule has 1 aromatic rings. The molecule has 0 spiro atoms. The zero-order valence-electron chi connectivity index (χ0n) is 13.7. The summed E-state index contributed by atoms with van der Waals surface area (Å²) < 4.78 is 0. The highest BCUT2D eigenvalue weighted by Gasteiger charge is 2.03. The predicted octanol–water partition coefficient (Wildman–Crippen LogP) is 4.14. The maximum absolute atomic E-state index is 11.8. The molecule has 118 valence electrons. The number of anilines is 1. The molecule has 0 saturated carbocycles. The molecule has 21 heavy (non-hydrogen) atoms. The lowest BCUT2D eigenvalue weighted by Gasteiger charge is -2.09. The Morgan fingerprint density at radius 1 is 1.10 bits per heavy atom. The Kier molecular flexibility index (Phi) is 8.76. The smallest absolute Gasteiger partial charge is 0.224 e. The number of amides is 1. The van der Waals surface area contributed by atoms with E-state index in [4.69, 9.17) is 0 Å². The summed E-state index contributed by atoms with van der Waals surface area (Å²) in [6.45, 7) is 7.33. The van der Waals surface area contributed by atoms with Gasteiger partial charge < -0.3 is 10.6 Å². The number of rotatable bonds is 10. The van der Waals surface area contributed by atoms with Gasteiger partial charge in [0.15, 0.2) is 0 Å². The van der Waals surface area contributed by atoms with Crippen LogP contribution in [0, 0.1) is 0 Å². The summed E-state index contributed by atoms with van der Waals surface area (Å²) in [4.78, 5) is 11.8. The van der Waals surface area contributed by atoms with Crippen LogP contribution >= 0.6 is 0 Å². The van der Waals surface area contributed by atoms with Gasteiger partial charge in [-0.3, -0.25) is 4.79 Å². The third-order valence-corrected chi connectivity index (χ3v) is 3.44. The van der Waals surface area contributed by atoms with Crippen molar-refractivity contribution in [3.8, 4) is 0 Å². The Morgan fingerprint density at radius 2 is 1.81 bits per heavy atom. The summed E-state index contributed by atoms with van der Waals surface area (Å²) in [6, 6.07) is 8.72. The van der Waals surface area contributed by atoms with Crippen LogP contribution in [-0.4, -0.2) is 18.5 Å². The minimum Gasteiger partial charge on any atom is -0.326 e. The lowest BCUT2D eigenvalue weighted by Crippen LogP contribution is -2.24. The first-order valence-corrected chi connectivity index (χ1v) is 8.24. The zero-order chi connectivity index (χ0) is 15.5. The van der Waals surface area contributed by atoms with E-state index in [9.17, 15) is 4.79 Å². The van der Waals surface area contributed by atoms with Gasteiger partial charge in [0.1, 0.15) is 0 Å². The summed E-state index contributed by atoms with van der Waals surface area (Å²) in [5.74, 6) is 0.0966. The van der Waals surface area contributed by atoms with Gasteiger partial charge in [0.05, 0.1) is 0 Å². The van der Waals surface area contributed by atoms with Gasteiger partial charge in [-0.15, -0.1) is 0 Å². The largest absolute Gasteiger partial charge is 0.326 e. The summed E-state index contributed by atoms with van der Waals surface area (Å²) in [7, 11) is 0. The molecule has 0 aliphatic carbocycles. The molecular formula is C18H30N2O. The average Bonchev–Trinajstić information content (AvgIpc) is 2.45. The topological polar surface area (TPSA) is 41.1 Å². The van der Waals surface area contributed by atoms with Gasteiger partial charge in [0.2, 0.25) is 5.91 Å². The highest BCUT2D eigenvalue weighted by molar-refractivity contribution is 5.90. The van der Waals surface area contributed by atoms with Crippen molar-refractivity contribution in [2.24, 2.45) is 0 Å². The van der Waals surface area contributed by atoms with Gasteiger partial charge >= 0.3 is 0 Å². The lowest BCUT2D eigenvalue weighted by molar-refractivity contribution is -0.116. The first kappa shape index (κ1) is 17.7. The van der Waals surface area contributed by atoms with E-state index < -0.39 is 0 Å². The van der Waals surface area contributed by atoms with Crippen LogP contribution in [0.3, 0.4) is 0 Å². The predicted molar refractivity (Wildman–Crippen MR) is 90.7 cm³/mol. The maximum atomic E-state index is 11.8. The van der Waals surface area contributed by atoms with Crippen LogP contribution in [0.2, 0.25) is 0 Å². The Hall–Kier alpha value is -1.35. The van der Waals surface area contributed by atoms with E-state index in [0.29, 0.717) is 12.5 Å². The van der Waals surface area contributed by atoms with Crippen LogP contribution in [-0.2, 0) is 11.2 Å². The molecule has 0 atom stereocenters. The van der Waals surface area contributed by atoms with E-state index >= 15 is 0 Å². The third-order valence-electron chi connectivity index (χ3n) is 3.44. The van der Waals surface area contributed by atoms with Gasteiger partial charge in [-0.05, 0) is 43.5 Å². The molecule has 0 bridgehead atoms. The van der Waals surface area contributed by atoms with E-state index in [2.05, 4.69) is 43.5 Å². The van der Waals surface area contributed by atoms with Crippen molar-refractivity contribution in [1.29, 1.82) is 0 Å². The molecule has 0 fully saturated rings. The number of hydrogen-bond acceptors (Lipinski definition) is 2. The second kappa shape index (κ2) is 10.4. The van der Waals surface area contributed by atoms with Gasteiger partial charge in [-0.2, -0.15) is 0 Å². The monoisotopic (exact) mass is 290 g/mol. The van der Waals surface area contributed by atoms with Gasteiger partial charge in [0.25, 0.3) is 0 Å². The van der Waals surface area contributed by atoms with Crippen LogP contribution in [0.4, 0.5) is 5.69 Å². The highest BCUT2D eigenvalue weighted by atomic mass is 16.1. The fourth-order valence-corrected chi connectivity index (χ4v) is 2.20. The van der Waals surface area contributed by atoms with Crippen molar-refractivity contribution in [3.05, 3.63) is 29.8 Å². The SMILES string of the molecule is CCCCCc1ccc(NC(=O)CCCNC(C)C)cc1.